The number of amides is 2. The Bertz CT molecular complexity index is 987. The molecule has 7 nitrogen and oxygen atoms in total. The molecular weight excluding hydrogens is 400 g/mol. The van der Waals surface area contributed by atoms with E-state index in [1.165, 1.54) is 11.3 Å². The lowest BCUT2D eigenvalue weighted by Crippen LogP contribution is -2.41. The van der Waals surface area contributed by atoms with Crippen LogP contribution in [0.1, 0.15) is 28.1 Å². The smallest absolute Gasteiger partial charge is 0.263 e. The third-order valence-electron chi connectivity index (χ3n) is 5.04. The van der Waals surface area contributed by atoms with Gasteiger partial charge in [0.05, 0.1) is 4.88 Å². The number of hydrogen-bond acceptors (Lipinski definition) is 6. The van der Waals surface area contributed by atoms with Crippen LogP contribution in [0.25, 0.3) is 0 Å². The SMILES string of the molecule is O=C(Nc1ncccc1OCc1ccncc1)C1CCN(C(=O)c2cccs2)CC1. The fraction of sp³-hybridized carbons (Fsp3) is 0.273. The summed E-state index contributed by atoms with van der Waals surface area (Å²) in [4.78, 5) is 36.1. The number of anilines is 1. The maximum atomic E-state index is 12.8. The van der Waals surface area contributed by atoms with E-state index in [1.54, 1.807) is 30.7 Å². The van der Waals surface area contributed by atoms with Gasteiger partial charge >= 0.3 is 0 Å². The molecule has 2 amide bonds. The van der Waals surface area contributed by atoms with Crippen molar-refractivity contribution in [1.82, 2.24) is 14.9 Å². The summed E-state index contributed by atoms with van der Waals surface area (Å²) in [5.41, 5.74) is 0.980. The van der Waals surface area contributed by atoms with Crippen LogP contribution in [0.15, 0.2) is 60.4 Å². The van der Waals surface area contributed by atoms with E-state index in [4.69, 9.17) is 4.74 Å². The molecule has 8 heteroatoms. The second-order valence-electron chi connectivity index (χ2n) is 7.03. The molecule has 30 heavy (non-hydrogen) atoms. The molecule has 1 N–H and O–H groups in total. The molecule has 0 radical (unpaired) electrons. The van der Waals surface area contributed by atoms with Gasteiger partial charge in [-0.05, 0) is 54.1 Å². The van der Waals surface area contributed by atoms with Crippen molar-refractivity contribution < 1.29 is 14.3 Å². The molecule has 0 unspecified atom stereocenters. The third-order valence-corrected chi connectivity index (χ3v) is 5.90. The molecule has 4 heterocycles. The minimum absolute atomic E-state index is 0.0420. The number of aromatic nitrogens is 2. The summed E-state index contributed by atoms with van der Waals surface area (Å²) in [5, 5.41) is 4.80. The van der Waals surface area contributed by atoms with Crippen LogP contribution in [0, 0.1) is 5.92 Å². The average Bonchev–Trinajstić information content (AvgIpc) is 3.34. The van der Waals surface area contributed by atoms with Gasteiger partial charge in [0.25, 0.3) is 5.91 Å². The number of carbonyl (C=O) groups excluding carboxylic acids is 2. The van der Waals surface area contributed by atoms with E-state index >= 15 is 0 Å². The Hall–Kier alpha value is -3.26. The van der Waals surface area contributed by atoms with Gasteiger partial charge in [0, 0.05) is 37.6 Å². The molecular formula is C22H22N4O3S. The largest absolute Gasteiger partial charge is 0.485 e. The summed E-state index contributed by atoms with van der Waals surface area (Å²) in [6.07, 6.45) is 6.30. The summed E-state index contributed by atoms with van der Waals surface area (Å²) in [6, 6.07) is 11.0. The van der Waals surface area contributed by atoms with Crippen molar-refractivity contribution in [2.75, 3.05) is 18.4 Å². The first-order valence-corrected chi connectivity index (χ1v) is 10.7. The Morgan fingerprint density at radius 1 is 1.10 bits per heavy atom. The molecule has 1 fully saturated rings. The van der Waals surface area contributed by atoms with Crippen molar-refractivity contribution in [2.24, 2.45) is 5.92 Å². The Morgan fingerprint density at radius 2 is 1.90 bits per heavy atom. The zero-order valence-electron chi connectivity index (χ0n) is 16.4. The molecule has 4 rings (SSSR count). The van der Waals surface area contributed by atoms with Gasteiger partial charge in [-0.1, -0.05) is 6.07 Å². The highest BCUT2D eigenvalue weighted by atomic mass is 32.1. The van der Waals surface area contributed by atoms with Crippen molar-refractivity contribution >= 4 is 29.0 Å². The summed E-state index contributed by atoms with van der Waals surface area (Å²) in [6.45, 7) is 1.51. The van der Waals surface area contributed by atoms with E-state index in [9.17, 15) is 9.59 Å². The Morgan fingerprint density at radius 3 is 2.63 bits per heavy atom. The van der Waals surface area contributed by atoms with Crippen LogP contribution in [0.3, 0.4) is 0 Å². The van der Waals surface area contributed by atoms with E-state index in [0.29, 0.717) is 44.1 Å². The second-order valence-corrected chi connectivity index (χ2v) is 7.98. The van der Waals surface area contributed by atoms with E-state index in [0.717, 1.165) is 10.4 Å². The molecule has 0 bridgehead atoms. The summed E-state index contributed by atoms with van der Waals surface area (Å²) < 4.78 is 5.84. The molecule has 3 aromatic heterocycles. The maximum Gasteiger partial charge on any atom is 0.263 e. The molecule has 0 atom stereocenters. The standard InChI is InChI=1S/C22H22N4O3S/c27-21(17-7-12-26(13-8-17)22(28)19-4-2-14-30-19)25-20-18(3-1-9-24-20)29-15-16-5-10-23-11-6-16/h1-6,9-11,14,17H,7-8,12-13,15H2,(H,24,25,27). The lowest BCUT2D eigenvalue weighted by atomic mass is 9.95. The summed E-state index contributed by atoms with van der Waals surface area (Å²) in [5.74, 6) is 0.722. The van der Waals surface area contributed by atoms with Gasteiger partial charge < -0.3 is 15.0 Å². The maximum absolute atomic E-state index is 12.8. The lowest BCUT2D eigenvalue weighted by Gasteiger charge is -2.31. The molecule has 154 valence electrons. The van der Waals surface area contributed by atoms with Crippen LogP contribution in [0.5, 0.6) is 5.75 Å². The minimum Gasteiger partial charge on any atom is -0.485 e. The van der Waals surface area contributed by atoms with Crippen LogP contribution in [-0.2, 0) is 11.4 Å². The molecule has 0 aliphatic carbocycles. The third kappa shape index (κ3) is 4.83. The highest BCUT2D eigenvalue weighted by Crippen LogP contribution is 2.26. The number of thiophene rings is 1. The average molecular weight is 423 g/mol. The fourth-order valence-corrected chi connectivity index (χ4v) is 4.05. The number of rotatable bonds is 6. The van der Waals surface area contributed by atoms with Crippen LogP contribution >= 0.6 is 11.3 Å². The molecule has 0 saturated carbocycles. The monoisotopic (exact) mass is 422 g/mol. The van der Waals surface area contributed by atoms with E-state index in [1.807, 2.05) is 34.5 Å². The van der Waals surface area contributed by atoms with Crippen LogP contribution < -0.4 is 10.1 Å². The molecule has 0 spiro atoms. The van der Waals surface area contributed by atoms with Gasteiger partial charge in [-0.15, -0.1) is 11.3 Å². The Balaban J connectivity index is 1.33. The molecule has 1 saturated heterocycles. The van der Waals surface area contributed by atoms with Gasteiger partial charge in [0.1, 0.15) is 6.61 Å². The van der Waals surface area contributed by atoms with Gasteiger partial charge in [-0.25, -0.2) is 4.98 Å². The topological polar surface area (TPSA) is 84.4 Å². The Kier molecular flexibility index (Phi) is 6.34. The van der Waals surface area contributed by atoms with Crippen molar-refractivity contribution in [2.45, 2.75) is 19.4 Å². The first kappa shape index (κ1) is 20.0. The first-order valence-electron chi connectivity index (χ1n) is 9.81. The number of pyridine rings is 2. The van der Waals surface area contributed by atoms with Crippen molar-refractivity contribution in [1.29, 1.82) is 0 Å². The lowest BCUT2D eigenvalue weighted by molar-refractivity contribution is -0.121. The number of hydrogen-bond donors (Lipinski definition) is 1. The molecule has 3 aromatic rings. The van der Waals surface area contributed by atoms with Crippen molar-refractivity contribution in [3.63, 3.8) is 0 Å². The summed E-state index contributed by atoms with van der Waals surface area (Å²) in [7, 11) is 0. The Labute approximate surface area is 178 Å². The van der Waals surface area contributed by atoms with Crippen molar-refractivity contribution in [3.8, 4) is 5.75 Å². The van der Waals surface area contributed by atoms with Crippen LogP contribution in [0.4, 0.5) is 5.82 Å². The van der Waals surface area contributed by atoms with Crippen molar-refractivity contribution in [3.05, 3.63) is 70.8 Å². The highest BCUT2D eigenvalue weighted by Gasteiger charge is 2.28. The highest BCUT2D eigenvalue weighted by molar-refractivity contribution is 7.12. The van der Waals surface area contributed by atoms with Gasteiger partial charge in [-0.3, -0.25) is 14.6 Å². The van der Waals surface area contributed by atoms with E-state index in [-0.39, 0.29) is 17.7 Å². The first-order chi connectivity index (χ1) is 14.7. The summed E-state index contributed by atoms with van der Waals surface area (Å²) >= 11 is 1.44. The molecule has 0 aromatic carbocycles. The fourth-order valence-electron chi connectivity index (χ4n) is 3.36. The number of ether oxygens (including phenoxy) is 1. The predicted octanol–water partition coefficient (Wildman–Crippen LogP) is 3.61. The van der Waals surface area contributed by atoms with Crippen LogP contribution in [0.2, 0.25) is 0 Å². The number of nitrogens with one attached hydrogen (secondary N) is 1. The number of likely N-dealkylation sites (tertiary alicyclic amines) is 1. The number of piperidine rings is 1. The van der Waals surface area contributed by atoms with Crippen LogP contribution in [-0.4, -0.2) is 39.8 Å². The minimum atomic E-state index is -0.160. The predicted molar refractivity (Wildman–Crippen MR) is 114 cm³/mol. The normalized spacial score (nSPS) is 14.3. The van der Waals surface area contributed by atoms with Gasteiger partial charge in [-0.2, -0.15) is 0 Å². The van der Waals surface area contributed by atoms with Gasteiger partial charge in [0.15, 0.2) is 11.6 Å². The molecule has 1 aliphatic rings. The number of nitrogens with zero attached hydrogens (tertiary/aromatic N) is 3. The second kappa shape index (κ2) is 9.49. The quantitative estimate of drug-likeness (QED) is 0.656. The molecule has 1 aliphatic heterocycles. The zero-order valence-corrected chi connectivity index (χ0v) is 17.2. The van der Waals surface area contributed by atoms with E-state index < -0.39 is 0 Å². The number of carbonyl (C=O) groups is 2. The van der Waals surface area contributed by atoms with Gasteiger partial charge in [0.2, 0.25) is 5.91 Å². The van der Waals surface area contributed by atoms with E-state index in [2.05, 4.69) is 15.3 Å². The zero-order chi connectivity index (χ0) is 20.8.